The van der Waals surface area contributed by atoms with Crippen LogP contribution >= 0.6 is 0 Å². The summed E-state index contributed by atoms with van der Waals surface area (Å²) < 4.78 is 5.99. The summed E-state index contributed by atoms with van der Waals surface area (Å²) in [5, 5.41) is 6.59. The smallest absolute Gasteiger partial charge is 0.220 e. The molecule has 0 radical (unpaired) electrons. The van der Waals surface area contributed by atoms with Gasteiger partial charge < -0.3 is 15.4 Å². The highest BCUT2D eigenvalue weighted by Crippen LogP contribution is 2.44. The topological polar surface area (TPSA) is 84.5 Å². The lowest BCUT2D eigenvalue weighted by Gasteiger charge is -2.43. The number of unbranched alkanes of at least 4 members (excludes halogenated alkanes) is 1. The summed E-state index contributed by atoms with van der Waals surface area (Å²) in [6.45, 7) is 12.2. The first kappa shape index (κ1) is 38.7. The Hall–Kier alpha value is -2.73. The van der Waals surface area contributed by atoms with Gasteiger partial charge in [0.1, 0.15) is 0 Å². The Labute approximate surface area is 286 Å². The number of amides is 1. The number of allylic oxidation sites excluding steroid dienone is 9. The zero-order valence-corrected chi connectivity index (χ0v) is 30.3. The van der Waals surface area contributed by atoms with Crippen molar-refractivity contribution < 1.29 is 19.1 Å². The first-order valence-electron chi connectivity index (χ1n) is 18.8. The van der Waals surface area contributed by atoms with Gasteiger partial charge in [-0.2, -0.15) is 0 Å². The number of carbonyl (C=O) groups is 3. The lowest BCUT2D eigenvalue weighted by Crippen LogP contribution is -2.53. The third-order valence-corrected chi connectivity index (χ3v) is 10.6. The summed E-state index contributed by atoms with van der Waals surface area (Å²) in [7, 11) is 0. The van der Waals surface area contributed by atoms with E-state index < -0.39 is 10.8 Å². The molecule has 1 amide bonds. The fourth-order valence-electron chi connectivity index (χ4n) is 7.22. The van der Waals surface area contributed by atoms with Crippen molar-refractivity contribution in [3.63, 3.8) is 0 Å². The Balaban J connectivity index is 1.31. The molecular formula is C41H64N2O4. The standard InChI is InChI=1S/C41H64N2O4/c1-6-41(7-2)34-23-17-13-14-18-24-35(34)43-36(39(41)46)25-19-20-29-42-37(44)27-26-32(3)31-47-30-28-40(4,5)38(45)33-21-15-11-9-8-10-12-16-22-33/h13-14,17-18,21,23-24,32,36,43H,6-12,15-16,19-20,22,25-31H2,1-5H3,(H,42,44)/b14-13?,17-13-,18-14-,23-17?,24-18?,33-21+,34-23+,35-24+. The molecule has 6 nitrogen and oxygen atoms in total. The molecule has 47 heavy (non-hydrogen) atoms. The Morgan fingerprint density at radius 2 is 1.70 bits per heavy atom. The number of nitrogens with one attached hydrogen (secondary N) is 2. The van der Waals surface area contributed by atoms with Crippen LogP contribution in [0.3, 0.4) is 0 Å². The SMILES string of the molecule is CCC1(CC)C(=O)C(CCCCNC(=O)CCC(C)COCCC(C)(C)C(=O)/C2=C/CCCCCCCC2)NC2=C/C=C\C=C/C=C\21. The molecule has 3 aliphatic rings. The van der Waals surface area contributed by atoms with Gasteiger partial charge >= 0.3 is 0 Å². The average Bonchev–Trinajstić information content (AvgIpc) is 3.05. The largest absolute Gasteiger partial charge is 0.381 e. The van der Waals surface area contributed by atoms with Crippen molar-refractivity contribution in [1.29, 1.82) is 0 Å². The van der Waals surface area contributed by atoms with E-state index in [4.69, 9.17) is 4.74 Å². The molecule has 0 aromatic carbocycles. The molecule has 2 atom stereocenters. The van der Waals surface area contributed by atoms with Gasteiger partial charge in [0, 0.05) is 37.3 Å². The van der Waals surface area contributed by atoms with Crippen molar-refractivity contribution in [3.8, 4) is 0 Å². The summed E-state index contributed by atoms with van der Waals surface area (Å²) in [6, 6.07) is -0.205. The third kappa shape index (κ3) is 11.7. The molecule has 2 unspecified atom stereocenters. The summed E-state index contributed by atoms with van der Waals surface area (Å²) in [5.41, 5.74) is 2.30. The minimum Gasteiger partial charge on any atom is -0.381 e. The van der Waals surface area contributed by atoms with Gasteiger partial charge in [-0.05, 0) is 93.8 Å². The Kier molecular flexibility index (Phi) is 16.4. The van der Waals surface area contributed by atoms with Crippen LogP contribution in [0.1, 0.15) is 137 Å². The van der Waals surface area contributed by atoms with Crippen molar-refractivity contribution in [1.82, 2.24) is 10.6 Å². The van der Waals surface area contributed by atoms with Gasteiger partial charge in [-0.25, -0.2) is 0 Å². The van der Waals surface area contributed by atoms with Crippen molar-refractivity contribution in [3.05, 3.63) is 59.4 Å². The number of hydrogen-bond acceptors (Lipinski definition) is 5. The number of piperidine rings is 1. The summed E-state index contributed by atoms with van der Waals surface area (Å²) >= 11 is 0. The van der Waals surface area contributed by atoms with Crippen LogP contribution in [-0.4, -0.2) is 43.3 Å². The van der Waals surface area contributed by atoms with Crippen LogP contribution in [0, 0.1) is 16.7 Å². The van der Waals surface area contributed by atoms with Crippen molar-refractivity contribution >= 4 is 17.5 Å². The maximum Gasteiger partial charge on any atom is 0.220 e. The highest BCUT2D eigenvalue weighted by molar-refractivity contribution is 5.99. The Morgan fingerprint density at radius 3 is 2.45 bits per heavy atom. The lowest BCUT2D eigenvalue weighted by molar-refractivity contribution is -0.130. The van der Waals surface area contributed by atoms with Gasteiger partial charge in [0.2, 0.25) is 5.91 Å². The normalized spacial score (nSPS) is 25.5. The van der Waals surface area contributed by atoms with E-state index in [-0.39, 0.29) is 29.4 Å². The maximum absolute atomic E-state index is 13.7. The number of rotatable bonds is 17. The molecule has 0 aromatic rings. The predicted octanol–water partition coefficient (Wildman–Crippen LogP) is 9.04. The van der Waals surface area contributed by atoms with Gasteiger partial charge in [0.25, 0.3) is 0 Å². The summed E-state index contributed by atoms with van der Waals surface area (Å²) in [6.07, 6.45) is 29.8. The van der Waals surface area contributed by atoms with E-state index in [0.717, 1.165) is 74.6 Å². The number of ketones is 2. The van der Waals surface area contributed by atoms with E-state index in [1.807, 2.05) is 24.3 Å². The number of fused-ring (bicyclic) bond motifs is 1. The second-order valence-electron chi connectivity index (χ2n) is 14.7. The number of ether oxygens (including phenoxy) is 1. The van der Waals surface area contributed by atoms with Gasteiger partial charge in [-0.1, -0.05) is 96.8 Å². The first-order valence-corrected chi connectivity index (χ1v) is 18.8. The predicted molar refractivity (Wildman–Crippen MR) is 194 cm³/mol. The second kappa shape index (κ2) is 19.9. The van der Waals surface area contributed by atoms with Crippen LogP contribution in [0.4, 0.5) is 0 Å². The maximum atomic E-state index is 13.7. The minimum atomic E-state index is -0.454. The molecule has 1 heterocycles. The third-order valence-electron chi connectivity index (χ3n) is 10.6. The van der Waals surface area contributed by atoms with Crippen LogP contribution < -0.4 is 10.6 Å². The number of carbonyl (C=O) groups excluding carboxylic acids is 3. The van der Waals surface area contributed by atoms with Gasteiger partial charge in [-0.3, -0.25) is 14.4 Å². The van der Waals surface area contributed by atoms with Gasteiger partial charge in [0.05, 0.1) is 11.5 Å². The minimum absolute atomic E-state index is 0.0692. The van der Waals surface area contributed by atoms with Crippen LogP contribution in [0.25, 0.3) is 0 Å². The number of hydrogen-bond donors (Lipinski definition) is 2. The highest BCUT2D eigenvalue weighted by atomic mass is 16.5. The Bertz CT molecular complexity index is 1180. The van der Waals surface area contributed by atoms with E-state index in [1.54, 1.807) is 0 Å². The zero-order valence-electron chi connectivity index (χ0n) is 30.3. The van der Waals surface area contributed by atoms with E-state index in [2.05, 4.69) is 63.5 Å². The molecule has 6 heteroatoms. The molecule has 0 spiro atoms. The van der Waals surface area contributed by atoms with Crippen molar-refractivity contribution in [2.75, 3.05) is 19.8 Å². The molecule has 0 saturated carbocycles. The molecule has 0 bridgehead atoms. The molecule has 262 valence electrons. The second-order valence-corrected chi connectivity index (χ2v) is 14.7. The quantitative estimate of drug-likeness (QED) is 0.154. The van der Waals surface area contributed by atoms with Gasteiger partial charge in [0.15, 0.2) is 11.6 Å². The Morgan fingerprint density at radius 1 is 1.00 bits per heavy atom. The van der Waals surface area contributed by atoms with Gasteiger partial charge in [-0.15, -0.1) is 0 Å². The molecule has 2 aliphatic carbocycles. The van der Waals surface area contributed by atoms with E-state index >= 15 is 0 Å². The van der Waals surface area contributed by atoms with E-state index in [1.165, 1.54) is 32.1 Å². The molecule has 1 fully saturated rings. The van der Waals surface area contributed by atoms with Crippen LogP contribution in [0.15, 0.2) is 59.4 Å². The molecule has 3 rings (SSSR count). The molecule has 0 aromatic heterocycles. The van der Waals surface area contributed by atoms with E-state index in [0.29, 0.717) is 32.6 Å². The zero-order chi connectivity index (χ0) is 34.1. The molecular weight excluding hydrogens is 584 g/mol. The molecule has 1 aliphatic heterocycles. The first-order chi connectivity index (χ1) is 22.6. The van der Waals surface area contributed by atoms with E-state index in [9.17, 15) is 14.4 Å². The number of Topliss-reactive ketones (excluding diaryl/α,β-unsaturated/α-hetero) is 2. The fraction of sp³-hybridized carbons (Fsp3) is 0.683. The average molecular weight is 649 g/mol. The summed E-state index contributed by atoms with van der Waals surface area (Å²) in [5.74, 6) is 0.919. The fourth-order valence-corrected chi connectivity index (χ4v) is 7.22. The molecule has 1 saturated heterocycles. The summed E-state index contributed by atoms with van der Waals surface area (Å²) in [4.78, 5) is 39.6. The van der Waals surface area contributed by atoms with Crippen LogP contribution in [0.2, 0.25) is 0 Å². The van der Waals surface area contributed by atoms with Crippen molar-refractivity contribution in [2.45, 2.75) is 143 Å². The van der Waals surface area contributed by atoms with Crippen molar-refractivity contribution in [2.24, 2.45) is 16.7 Å². The molecule has 2 N–H and O–H groups in total. The monoisotopic (exact) mass is 648 g/mol. The van der Waals surface area contributed by atoms with Crippen LogP contribution in [-0.2, 0) is 19.1 Å². The van der Waals surface area contributed by atoms with Crippen LogP contribution in [0.5, 0.6) is 0 Å². The lowest BCUT2D eigenvalue weighted by atomic mass is 9.65. The highest BCUT2D eigenvalue weighted by Gasteiger charge is 2.46.